The lowest BCUT2D eigenvalue weighted by Crippen LogP contribution is -1.66. The maximum absolute atomic E-state index is 9.91. The van der Waals surface area contributed by atoms with Gasteiger partial charge < -0.3 is 9.79 Å². The van der Waals surface area contributed by atoms with Crippen molar-refractivity contribution in [2.24, 2.45) is 0 Å². The molecule has 0 radical (unpaired) electrons. The molecule has 0 aromatic carbocycles. The van der Waals surface area contributed by atoms with Gasteiger partial charge in [-0.1, -0.05) is 0 Å². The van der Waals surface area contributed by atoms with E-state index in [0.29, 0.717) is 0 Å². The van der Waals surface area contributed by atoms with Crippen molar-refractivity contribution in [3.05, 3.63) is 0 Å². The van der Waals surface area contributed by atoms with E-state index < -0.39 is 16.6 Å². The van der Waals surface area contributed by atoms with E-state index in [-0.39, 0.29) is 0 Å². The maximum atomic E-state index is 9.91. The molecule has 0 aromatic rings. The van der Waals surface area contributed by atoms with E-state index in [9.17, 15) is 4.57 Å². The van der Waals surface area contributed by atoms with Crippen LogP contribution in [0.2, 0.25) is 0 Å². The van der Waals surface area contributed by atoms with Gasteiger partial charge in [0.1, 0.15) is 0 Å². The average Bonchev–Trinajstić information content (AvgIpc) is 1.27. The van der Waals surface area contributed by atoms with Crippen LogP contribution in [0.5, 0.6) is 0 Å². The minimum atomic E-state index is -2.41. The molecule has 0 aliphatic carbocycles. The number of hydrogen-bond donors (Lipinski definition) is 2. The molecule has 0 aliphatic rings. The summed E-state index contributed by atoms with van der Waals surface area (Å²) in [5, 5.41) is 0. The van der Waals surface area contributed by atoms with Gasteiger partial charge in [0.05, 0.1) is 0 Å². The minimum Gasteiger partial charge on any atom is -0.328 e. The predicted molar refractivity (Wildman–Crippen MR) is 27.4 cm³/mol. The fourth-order valence-corrected chi connectivity index (χ4v) is 1.03. The first-order valence-corrected chi connectivity index (χ1v) is 4.47. The third-order valence-corrected chi connectivity index (χ3v) is 1.89. The summed E-state index contributed by atoms with van der Waals surface area (Å²) in [6, 6.07) is 0. The van der Waals surface area contributed by atoms with Gasteiger partial charge >= 0.3 is 8.60 Å². The van der Waals surface area contributed by atoms with Crippen LogP contribution in [0.3, 0.4) is 0 Å². The van der Waals surface area contributed by atoms with E-state index in [1.165, 1.54) is 6.66 Å². The second-order valence-electron chi connectivity index (χ2n) is 0.836. The van der Waals surface area contributed by atoms with E-state index in [2.05, 4.69) is 4.31 Å². The van der Waals surface area contributed by atoms with Crippen molar-refractivity contribution in [3.63, 3.8) is 0 Å². The van der Waals surface area contributed by atoms with Crippen LogP contribution in [0.15, 0.2) is 0 Å². The molecule has 1 unspecified atom stereocenters. The van der Waals surface area contributed by atoms with Crippen molar-refractivity contribution >= 4 is 16.6 Å². The molecule has 0 aromatic heterocycles. The first-order chi connectivity index (χ1) is 3.13. The molecular weight excluding hydrogens is 138 g/mol. The molecule has 0 fully saturated rings. The molecule has 0 saturated carbocycles. The van der Waals surface area contributed by atoms with Gasteiger partial charge in [0.25, 0.3) is 0 Å². The minimum absolute atomic E-state index is 1.28. The van der Waals surface area contributed by atoms with Crippen molar-refractivity contribution in [2.75, 3.05) is 6.66 Å². The lowest BCUT2D eigenvalue weighted by atomic mass is 12.0. The molecule has 7 heavy (non-hydrogen) atoms. The van der Waals surface area contributed by atoms with E-state index in [0.717, 1.165) is 0 Å². The van der Waals surface area contributed by atoms with Crippen LogP contribution >= 0.6 is 16.6 Å². The zero-order chi connectivity index (χ0) is 5.86. The first kappa shape index (κ1) is 7.54. The molecule has 6 heteroatoms. The zero-order valence-corrected chi connectivity index (χ0v) is 5.55. The molecule has 0 spiro atoms. The monoisotopic (exact) mass is 144 g/mol. The molecule has 0 rings (SSSR count). The van der Waals surface area contributed by atoms with E-state index in [1.807, 2.05) is 0 Å². The van der Waals surface area contributed by atoms with Gasteiger partial charge in [-0.05, 0) is 0 Å². The fraction of sp³-hybridized carbons (Fsp3) is 1.00. The molecule has 4 nitrogen and oxygen atoms in total. The fourth-order valence-electron chi connectivity index (χ4n) is 0.115. The Bertz CT molecular complexity index is 70.1. The highest BCUT2D eigenvalue weighted by atomic mass is 31.2. The van der Waals surface area contributed by atoms with E-state index >= 15 is 0 Å². The SMILES string of the molecule is C[PH](=O)OP(O)O. The average molecular weight is 144 g/mol. The summed E-state index contributed by atoms with van der Waals surface area (Å²) in [5.41, 5.74) is 0. The van der Waals surface area contributed by atoms with Crippen molar-refractivity contribution < 1.29 is 18.7 Å². The first-order valence-electron chi connectivity index (χ1n) is 1.49. The Morgan fingerprint density at radius 2 is 2.14 bits per heavy atom. The predicted octanol–water partition coefficient (Wildman–Crippen LogP) is 0.319. The standard InChI is InChI=1S/CH6O4P2/c1-6(2)5-7(3)4/h3-4,6H,1H3. The van der Waals surface area contributed by atoms with E-state index in [4.69, 9.17) is 9.79 Å². The summed E-state index contributed by atoms with van der Waals surface area (Å²) in [4.78, 5) is 15.9. The highest BCUT2D eigenvalue weighted by molar-refractivity contribution is 7.52. The number of rotatable bonds is 2. The van der Waals surface area contributed by atoms with Crippen LogP contribution in [0, 0.1) is 0 Å². The normalized spacial score (nSPS) is 14.9. The van der Waals surface area contributed by atoms with Gasteiger partial charge in [-0.3, -0.25) is 8.88 Å². The van der Waals surface area contributed by atoms with Crippen molar-refractivity contribution in [2.45, 2.75) is 0 Å². The molecule has 44 valence electrons. The van der Waals surface area contributed by atoms with Crippen molar-refractivity contribution in [1.82, 2.24) is 0 Å². The molecule has 2 N–H and O–H groups in total. The van der Waals surface area contributed by atoms with Gasteiger partial charge in [-0.2, -0.15) is 0 Å². The topological polar surface area (TPSA) is 66.8 Å². The van der Waals surface area contributed by atoms with Crippen LogP contribution in [0.1, 0.15) is 0 Å². The Kier molecular flexibility index (Phi) is 3.80. The van der Waals surface area contributed by atoms with Crippen LogP contribution < -0.4 is 0 Å². The van der Waals surface area contributed by atoms with Gasteiger partial charge in [0.2, 0.25) is 0 Å². The second kappa shape index (κ2) is 3.53. The number of hydrogen-bond acceptors (Lipinski definition) is 4. The third-order valence-electron chi connectivity index (χ3n) is 0.210. The summed E-state index contributed by atoms with van der Waals surface area (Å²) in [6.45, 7) is 1.28. The molecule has 1 atom stereocenters. The Hall–Kier alpha value is 0.540. The third kappa shape index (κ3) is 6.54. The van der Waals surface area contributed by atoms with E-state index in [1.54, 1.807) is 0 Å². The maximum Gasteiger partial charge on any atom is 0.332 e. The Labute approximate surface area is 43.0 Å². The summed E-state index contributed by atoms with van der Waals surface area (Å²) in [6.07, 6.45) is 0. The van der Waals surface area contributed by atoms with Crippen LogP contribution in [-0.2, 0) is 8.88 Å². The zero-order valence-electron chi connectivity index (χ0n) is 3.66. The Morgan fingerprint density at radius 3 is 2.14 bits per heavy atom. The molecule has 0 aliphatic heterocycles. The van der Waals surface area contributed by atoms with Gasteiger partial charge in [0.15, 0.2) is 8.03 Å². The molecule has 0 saturated heterocycles. The lowest BCUT2D eigenvalue weighted by Gasteiger charge is -1.95. The van der Waals surface area contributed by atoms with Gasteiger partial charge in [-0.25, -0.2) is 0 Å². The smallest absolute Gasteiger partial charge is 0.328 e. The Morgan fingerprint density at radius 1 is 1.71 bits per heavy atom. The van der Waals surface area contributed by atoms with Crippen molar-refractivity contribution in [3.8, 4) is 0 Å². The van der Waals surface area contributed by atoms with Crippen LogP contribution in [0.25, 0.3) is 0 Å². The van der Waals surface area contributed by atoms with Crippen LogP contribution in [0.4, 0.5) is 0 Å². The second-order valence-corrected chi connectivity index (χ2v) is 3.05. The molecular formula is CH6O4P2. The van der Waals surface area contributed by atoms with Gasteiger partial charge in [-0.15, -0.1) is 0 Å². The highest BCUT2D eigenvalue weighted by Gasteiger charge is 1.98. The Balaban J connectivity index is 3.13. The summed E-state index contributed by atoms with van der Waals surface area (Å²) in [5.74, 6) is 0. The summed E-state index contributed by atoms with van der Waals surface area (Å²) >= 11 is 0. The van der Waals surface area contributed by atoms with Gasteiger partial charge in [0, 0.05) is 6.66 Å². The quantitative estimate of drug-likeness (QED) is 0.547. The molecule has 0 amide bonds. The van der Waals surface area contributed by atoms with Crippen molar-refractivity contribution in [1.29, 1.82) is 0 Å². The summed E-state index contributed by atoms with van der Waals surface area (Å²) in [7, 11) is -4.56. The largest absolute Gasteiger partial charge is 0.332 e. The highest BCUT2D eigenvalue weighted by Crippen LogP contribution is 2.37. The van der Waals surface area contributed by atoms with Crippen LogP contribution in [-0.4, -0.2) is 16.5 Å². The molecule has 0 bridgehead atoms. The summed E-state index contributed by atoms with van der Waals surface area (Å²) < 4.78 is 13.9. The molecule has 0 heterocycles. The lowest BCUT2D eigenvalue weighted by molar-refractivity contribution is 0.380.